The van der Waals surface area contributed by atoms with Crippen molar-refractivity contribution >= 4 is 29.4 Å². The highest BCUT2D eigenvalue weighted by Gasteiger charge is 2.13. The molecule has 2 rings (SSSR count). The summed E-state index contributed by atoms with van der Waals surface area (Å²) in [6.07, 6.45) is 0.789. The molecule has 10 heteroatoms. The van der Waals surface area contributed by atoms with Crippen molar-refractivity contribution in [2.75, 3.05) is 5.32 Å². The van der Waals surface area contributed by atoms with Crippen molar-refractivity contribution in [3.05, 3.63) is 64.0 Å². The van der Waals surface area contributed by atoms with Crippen molar-refractivity contribution < 1.29 is 24.0 Å². The quantitative estimate of drug-likeness (QED) is 0.388. The molecular formula is C17H15FN4O5. The third-order valence-corrected chi connectivity index (χ3v) is 3.33. The van der Waals surface area contributed by atoms with Crippen LogP contribution in [0.2, 0.25) is 0 Å². The van der Waals surface area contributed by atoms with Crippen LogP contribution in [0.15, 0.2) is 47.6 Å². The minimum atomic E-state index is -0.751. The van der Waals surface area contributed by atoms with Crippen LogP contribution in [0.5, 0.6) is 5.75 Å². The SMILES string of the molecule is O=C(CCC(=O)Nc1ccccc1F)NN=Cc1ccc(O)c([N+](=O)[O-])c1. The van der Waals surface area contributed by atoms with E-state index in [2.05, 4.69) is 15.8 Å². The number of carbonyl (C=O) groups is 2. The lowest BCUT2D eigenvalue weighted by Crippen LogP contribution is -2.21. The number of benzene rings is 2. The maximum atomic E-state index is 13.4. The Morgan fingerprint density at radius 2 is 1.89 bits per heavy atom. The molecule has 2 aromatic rings. The van der Waals surface area contributed by atoms with E-state index in [-0.39, 0.29) is 24.1 Å². The van der Waals surface area contributed by atoms with Gasteiger partial charge in [-0.2, -0.15) is 5.10 Å². The van der Waals surface area contributed by atoms with E-state index in [0.717, 1.165) is 18.3 Å². The molecule has 9 nitrogen and oxygen atoms in total. The first-order chi connectivity index (χ1) is 12.9. The minimum absolute atomic E-state index is 0.0230. The molecule has 0 aromatic heterocycles. The number of halogens is 1. The summed E-state index contributed by atoms with van der Waals surface area (Å²) in [5.41, 5.74) is 1.99. The van der Waals surface area contributed by atoms with Gasteiger partial charge in [-0.15, -0.1) is 0 Å². The zero-order valence-electron chi connectivity index (χ0n) is 13.9. The third-order valence-electron chi connectivity index (χ3n) is 3.33. The van der Waals surface area contributed by atoms with Gasteiger partial charge in [0.05, 0.1) is 16.8 Å². The Balaban J connectivity index is 1.81. The van der Waals surface area contributed by atoms with E-state index in [1.807, 2.05) is 0 Å². The van der Waals surface area contributed by atoms with E-state index in [1.165, 1.54) is 24.3 Å². The molecule has 0 aliphatic carbocycles. The Bertz CT molecular complexity index is 901. The van der Waals surface area contributed by atoms with Crippen LogP contribution in [0.25, 0.3) is 0 Å². The van der Waals surface area contributed by atoms with Crippen molar-refractivity contribution in [1.29, 1.82) is 0 Å². The summed E-state index contributed by atoms with van der Waals surface area (Å²) in [7, 11) is 0. The lowest BCUT2D eigenvalue weighted by atomic mass is 10.2. The van der Waals surface area contributed by atoms with Crippen LogP contribution in [0.4, 0.5) is 15.8 Å². The van der Waals surface area contributed by atoms with Crippen LogP contribution in [-0.2, 0) is 9.59 Å². The number of rotatable bonds is 7. The smallest absolute Gasteiger partial charge is 0.311 e. The Morgan fingerprint density at radius 1 is 1.19 bits per heavy atom. The van der Waals surface area contributed by atoms with Crippen LogP contribution in [0.1, 0.15) is 18.4 Å². The van der Waals surface area contributed by atoms with Crippen LogP contribution in [0, 0.1) is 15.9 Å². The molecule has 0 bridgehead atoms. The highest BCUT2D eigenvalue weighted by Crippen LogP contribution is 2.25. The molecule has 3 N–H and O–H groups in total. The number of nitrogens with one attached hydrogen (secondary N) is 2. The molecule has 27 heavy (non-hydrogen) atoms. The van der Waals surface area contributed by atoms with E-state index in [1.54, 1.807) is 6.07 Å². The molecule has 0 saturated carbocycles. The van der Waals surface area contributed by atoms with Crippen LogP contribution < -0.4 is 10.7 Å². The number of hydrazone groups is 1. The predicted molar refractivity (Wildman–Crippen MR) is 94.8 cm³/mol. The van der Waals surface area contributed by atoms with E-state index >= 15 is 0 Å². The molecule has 0 spiro atoms. The Labute approximate surface area is 152 Å². The number of anilines is 1. The predicted octanol–water partition coefficient (Wildman–Crippen LogP) is 2.31. The van der Waals surface area contributed by atoms with Gasteiger partial charge in [0, 0.05) is 24.5 Å². The van der Waals surface area contributed by atoms with E-state index in [0.29, 0.717) is 0 Å². The number of carbonyl (C=O) groups excluding carboxylic acids is 2. The average molecular weight is 374 g/mol. The van der Waals surface area contributed by atoms with Gasteiger partial charge < -0.3 is 10.4 Å². The summed E-state index contributed by atoms with van der Waals surface area (Å²) >= 11 is 0. The topological polar surface area (TPSA) is 134 Å². The summed E-state index contributed by atoms with van der Waals surface area (Å²) in [5.74, 6) is -2.17. The first-order valence-corrected chi connectivity index (χ1v) is 7.70. The number of amides is 2. The number of nitro benzene ring substituents is 1. The largest absolute Gasteiger partial charge is 0.502 e. The summed E-state index contributed by atoms with van der Waals surface area (Å²) in [4.78, 5) is 33.3. The van der Waals surface area contributed by atoms with Crippen molar-refractivity contribution in [2.24, 2.45) is 5.10 Å². The van der Waals surface area contributed by atoms with Crippen LogP contribution in [-0.4, -0.2) is 28.1 Å². The Hall–Kier alpha value is -3.82. The molecule has 2 amide bonds. The number of phenolic OH excluding ortho intramolecular Hbond substituents is 1. The summed E-state index contributed by atoms with van der Waals surface area (Å²) < 4.78 is 13.4. The molecule has 140 valence electrons. The number of nitro groups is 1. The van der Waals surface area contributed by atoms with E-state index < -0.39 is 34.0 Å². The van der Waals surface area contributed by atoms with Gasteiger partial charge in [0.25, 0.3) is 0 Å². The second kappa shape index (κ2) is 9.04. The standard InChI is InChI=1S/C17H15FN4O5/c18-12-3-1-2-4-13(12)20-16(24)7-8-17(25)21-19-10-11-5-6-15(23)14(9-11)22(26)27/h1-6,9-10,23H,7-8H2,(H,20,24)(H,21,25). The molecule has 0 aliphatic rings. The van der Waals surface area contributed by atoms with Gasteiger partial charge in [0.15, 0.2) is 5.75 Å². The summed E-state index contributed by atoms with van der Waals surface area (Å²) in [5, 5.41) is 26.1. The second-order valence-corrected chi connectivity index (χ2v) is 5.33. The summed E-state index contributed by atoms with van der Waals surface area (Å²) in [6, 6.07) is 9.24. The van der Waals surface area contributed by atoms with Gasteiger partial charge in [-0.05, 0) is 24.3 Å². The molecule has 0 saturated heterocycles. The lowest BCUT2D eigenvalue weighted by Gasteiger charge is -2.05. The fourth-order valence-corrected chi connectivity index (χ4v) is 2.00. The fourth-order valence-electron chi connectivity index (χ4n) is 2.00. The van der Waals surface area contributed by atoms with Crippen molar-refractivity contribution in [3.8, 4) is 5.75 Å². The molecule has 0 atom stereocenters. The first kappa shape index (κ1) is 19.5. The number of nitrogens with zero attached hydrogens (tertiary/aromatic N) is 2. The molecule has 2 aromatic carbocycles. The Kier molecular flexibility index (Phi) is 6.53. The monoisotopic (exact) mass is 374 g/mol. The Morgan fingerprint density at radius 3 is 2.59 bits per heavy atom. The average Bonchev–Trinajstić information content (AvgIpc) is 2.63. The van der Waals surface area contributed by atoms with Crippen molar-refractivity contribution in [1.82, 2.24) is 5.43 Å². The van der Waals surface area contributed by atoms with Crippen molar-refractivity contribution in [3.63, 3.8) is 0 Å². The second-order valence-electron chi connectivity index (χ2n) is 5.33. The minimum Gasteiger partial charge on any atom is -0.502 e. The zero-order valence-corrected chi connectivity index (χ0v) is 13.9. The molecular weight excluding hydrogens is 359 g/mol. The van der Waals surface area contributed by atoms with Gasteiger partial charge in [-0.25, -0.2) is 9.82 Å². The highest BCUT2D eigenvalue weighted by molar-refractivity contribution is 5.93. The molecule has 0 heterocycles. The van der Waals surface area contributed by atoms with E-state index in [9.17, 15) is 29.2 Å². The number of para-hydroxylation sites is 1. The van der Waals surface area contributed by atoms with Gasteiger partial charge in [0.2, 0.25) is 11.8 Å². The van der Waals surface area contributed by atoms with E-state index in [4.69, 9.17) is 0 Å². The highest BCUT2D eigenvalue weighted by atomic mass is 19.1. The fraction of sp³-hybridized carbons (Fsp3) is 0.118. The van der Waals surface area contributed by atoms with Gasteiger partial charge >= 0.3 is 5.69 Å². The molecule has 0 radical (unpaired) electrons. The van der Waals surface area contributed by atoms with Gasteiger partial charge in [-0.3, -0.25) is 19.7 Å². The number of phenols is 1. The maximum Gasteiger partial charge on any atom is 0.311 e. The van der Waals surface area contributed by atoms with Gasteiger partial charge in [-0.1, -0.05) is 12.1 Å². The summed E-state index contributed by atoms with van der Waals surface area (Å²) in [6.45, 7) is 0. The molecule has 0 aliphatic heterocycles. The zero-order chi connectivity index (χ0) is 19.8. The molecule has 0 unspecified atom stereocenters. The third kappa shape index (κ3) is 5.88. The number of hydrogen-bond acceptors (Lipinski definition) is 6. The van der Waals surface area contributed by atoms with Gasteiger partial charge in [0.1, 0.15) is 5.82 Å². The van der Waals surface area contributed by atoms with Crippen LogP contribution >= 0.6 is 0 Å². The molecule has 0 fully saturated rings. The van der Waals surface area contributed by atoms with Crippen LogP contribution in [0.3, 0.4) is 0 Å². The van der Waals surface area contributed by atoms with Crippen molar-refractivity contribution in [2.45, 2.75) is 12.8 Å². The first-order valence-electron chi connectivity index (χ1n) is 7.70. The lowest BCUT2D eigenvalue weighted by molar-refractivity contribution is -0.385. The number of aromatic hydroxyl groups is 1. The maximum absolute atomic E-state index is 13.4. The normalized spacial score (nSPS) is 10.6. The number of hydrogen-bond donors (Lipinski definition) is 3.